The molecule has 1 saturated carbocycles. The second-order valence-corrected chi connectivity index (χ2v) is 8.05. The Labute approximate surface area is 169 Å². The fourth-order valence-corrected chi connectivity index (χ4v) is 3.74. The Morgan fingerprint density at radius 3 is 2.69 bits per heavy atom. The Bertz CT molecular complexity index is 1030. The second kappa shape index (κ2) is 7.44. The average Bonchev–Trinajstić information content (AvgIpc) is 3.50. The van der Waals surface area contributed by atoms with Crippen molar-refractivity contribution in [2.45, 2.75) is 31.7 Å². The summed E-state index contributed by atoms with van der Waals surface area (Å²) in [4.78, 5) is 23.2. The van der Waals surface area contributed by atoms with E-state index in [9.17, 15) is 4.79 Å². The molecule has 4 heterocycles. The number of pyridine rings is 1. The fourth-order valence-electron chi connectivity index (χ4n) is 3.74. The molecule has 3 aromatic rings. The highest BCUT2D eigenvalue weighted by Crippen LogP contribution is 2.30. The van der Waals surface area contributed by atoms with Gasteiger partial charge in [0.1, 0.15) is 11.6 Å². The average molecular weight is 391 g/mol. The number of nitrogens with one attached hydrogen (secondary N) is 2. The third-order valence-corrected chi connectivity index (χ3v) is 5.69. The van der Waals surface area contributed by atoms with Gasteiger partial charge in [-0.05, 0) is 70.1 Å². The van der Waals surface area contributed by atoms with Gasteiger partial charge in [-0.25, -0.2) is 14.5 Å². The molecule has 1 aliphatic carbocycles. The van der Waals surface area contributed by atoms with E-state index in [-0.39, 0.29) is 11.8 Å². The summed E-state index contributed by atoms with van der Waals surface area (Å²) >= 11 is 0. The molecular formula is C21H25N7O. The van der Waals surface area contributed by atoms with Crippen molar-refractivity contribution in [1.29, 1.82) is 0 Å². The van der Waals surface area contributed by atoms with Crippen molar-refractivity contribution in [2.75, 3.05) is 30.8 Å². The monoisotopic (exact) mass is 391 g/mol. The van der Waals surface area contributed by atoms with Crippen LogP contribution in [0.5, 0.6) is 0 Å². The van der Waals surface area contributed by atoms with E-state index in [0.29, 0.717) is 11.9 Å². The van der Waals surface area contributed by atoms with E-state index in [4.69, 9.17) is 5.10 Å². The molecule has 1 saturated heterocycles. The maximum absolute atomic E-state index is 12.0. The predicted molar refractivity (Wildman–Crippen MR) is 112 cm³/mol. The van der Waals surface area contributed by atoms with E-state index in [1.54, 1.807) is 6.20 Å². The van der Waals surface area contributed by atoms with Crippen LogP contribution in [0.1, 0.15) is 25.7 Å². The van der Waals surface area contributed by atoms with Gasteiger partial charge in [-0.15, -0.1) is 5.10 Å². The van der Waals surface area contributed by atoms with E-state index >= 15 is 0 Å². The maximum atomic E-state index is 12.0. The molecule has 8 heteroatoms. The molecule has 5 rings (SSSR count). The Hall–Kier alpha value is -3.00. The normalized spacial score (nSPS) is 18.1. The van der Waals surface area contributed by atoms with Crippen LogP contribution in [0.15, 0.2) is 36.7 Å². The molecule has 0 bridgehead atoms. The van der Waals surface area contributed by atoms with Crippen LogP contribution in [0.4, 0.5) is 11.6 Å². The lowest BCUT2D eigenvalue weighted by Crippen LogP contribution is -2.36. The van der Waals surface area contributed by atoms with Crippen LogP contribution in [0.25, 0.3) is 16.9 Å². The number of nitrogens with zero attached hydrogens (tertiary/aromatic N) is 5. The minimum Gasteiger partial charge on any atom is -0.366 e. The van der Waals surface area contributed by atoms with E-state index in [1.807, 2.05) is 35.0 Å². The highest BCUT2D eigenvalue weighted by Gasteiger charge is 2.29. The van der Waals surface area contributed by atoms with Gasteiger partial charge in [0.2, 0.25) is 5.91 Å². The van der Waals surface area contributed by atoms with Crippen molar-refractivity contribution >= 4 is 23.2 Å². The zero-order chi connectivity index (χ0) is 19.8. The van der Waals surface area contributed by atoms with Crippen molar-refractivity contribution < 1.29 is 4.79 Å². The summed E-state index contributed by atoms with van der Waals surface area (Å²) in [7, 11) is 2.16. The van der Waals surface area contributed by atoms with Gasteiger partial charge >= 0.3 is 0 Å². The van der Waals surface area contributed by atoms with Crippen LogP contribution in [0, 0.1) is 5.92 Å². The van der Waals surface area contributed by atoms with Crippen LogP contribution in [-0.2, 0) is 4.79 Å². The van der Waals surface area contributed by atoms with Gasteiger partial charge in [0, 0.05) is 23.7 Å². The maximum Gasteiger partial charge on any atom is 0.228 e. The number of aromatic nitrogens is 4. The zero-order valence-corrected chi connectivity index (χ0v) is 16.5. The molecule has 2 N–H and O–H groups in total. The number of carbonyl (C=O) groups is 1. The molecule has 2 fully saturated rings. The third kappa shape index (κ3) is 3.93. The van der Waals surface area contributed by atoms with Gasteiger partial charge in [-0.1, -0.05) is 0 Å². The number of hydrogen-bond acceptors (Lipinski definition) is 6. The first-order valence-electron chi connectivity index (χ1n) is 10.2. The summed E-state index contributed by atoms with van der Waals surface area (Å²) in [6.07, 6.45) is 7.68. The van der Waals surface area contributed by atoms with Crippen LogP contribution < -0.4 is 10.6 Å². The first kappa shape index (κ1) is 18.1. The first-order chi connectivity index (χ1) is 14.2. The molecule has 0 spiro atoms. The van der Waals surface area contributed by atoms with Crippen LogP contribution in [0.3, 0.4) is 0 Å². The molecule has 3 aromatic heterocycles. The van der Waals surface area contributed by atoms with Crippen LogP contribution >= 0.6 is 0 Å². The Morgan fingerprint density at radius 1 is 1.07 bits per heavy atom. The molecule has 150 valence electrons. The molecule has 2 aliphatic rings. The summed E-state index contributed by atoms with van der Waals surface area (Å²) in [5, 5.41) is 11.2. The quantitative estimate of drug-likeness (QED) is 0.695. The summed E-state index contributed by atoms with van der Waals surface area (Å²) in [6.45, 7) is 2.20. The standard InChI is InChI=1S/C21H25N7O/c1-27-10-7-16(8-11-27)24-18-4-5-20-23-13-17(28(20)26-18)15-6-9-22-19(12-15)25-21(29)14-2-3-14/h4-6,9,12-14,16H,2-3,7-8,10-11H2,1H3,(H,24,26)(H,22,25,29). The molecule has 8 nitrogen and oxygen atoms in total. The molecule has 0 radical (unpaired) electrons. The number of carbonyl (C=O) groups excluding carboxylic acids is 1. The Kier molecular flexibility index (Phi) is 4.63. The lowest BCUT2D eigenvalue weighted by molar-refractivity contribution is -0.117. The van der Waals surface area contributed by atoms with Crippen molar-refractivity contribution in [3.8, 4) is 11.3 Å². The number of piperidine rings is 1. The van der Waals surface area contributed by atoms with Gasteiger partial charge in [0.05, 0.1) is 11.9 Å². The predicted octanol–water partition coefficient (Wildman–Crippen LogP) is 2.65. The van der Waals surface area contributed by atoms with Gasteiger partial charge in [-0.2, -0.15) is 0 Å². The molecule has 1 aliphatic heterocycles. The minimum absolute atomic E-state index is 0.0514. The topological polar surface area (TPSA) is 87.5 Å². The largest absolute Gasteiger partial charge is 0.366 e. The number of likely N-dealkylation sites (tertiary alicyclic amines) is 1. The van der Waals surface area contributed by atoms with Crippen molar-refractivity contribution in [1.82, 2.24) is 24.5 Å². The molecule has 0 unspecified atom stereocenters. The van der Waals surface area contributed by atoms with E-state index in [1.165, 1.54) is 0 Å². The van der Waals surface area contributed by atoms with Crippen molar-refractivity contribution in [3.05, 3.63) is 36.7 Å². The van der Waals surface area contributed by atoms with E-state index in [0.717, 1.165) is 61.5 Å². The molecule has 29 heavy (non-hydrogen) atoms. The highest BCUT2D eigenvalue weighted by molar-refractivity contribution is 5.93. The smallest absolute Gasteiger partial charge is 0.228 e. The number of anilines is 2. The number of rotatable bonds is 5. The number of imidazole rings is 1. The van der Waals surface area contributed by atoms with E-state index < -0.39 is 0 Å². The SMILES string of the molecule is CN1CCC(Nc2ccc3ncc(-c4ccnc(NC(=O)C5CC5)c4)n3n2)CC1. The molecule has 0 aromatic carbocycles. The fraction of sp³-hybridized carbons (Fsp3) is 0.429. The Morgan fingerprint density at radius 2 is 1.90 bits per heavy atom. The Balaban J connectivity index is 1.39. The lowest BCUT2D eigenvalue weighted by Gasteiger charge is -2.29. The van der Waals surface area contributed by atoms with Crippen molar-refractivity contribution in [2.24, 2.45) is 5.92 Å². The molecular weight excluding hydrogens is 366 g/mol. The number of amides is 1. The first-order valence-corrected chi connectivity index (χ1v) is 10.2. The number of hydrogen-bond donors (Lipinski definition) is 2. The molecule has 1 amide bonds. The van der Waals surface area contributed by atoms with Crippen LogP contribution in [-0.4, -0.2) is 56.6 Å². The summed E-state index contributed by atoms with van der Waals surface area (Å²) < 4.78 is 1.85. The van der Waals surface area contributed by atoms with Gasteiger partial charge in [0.25, 0.3) is 0 Å². The lowest BCUT2D eigenvalue weighted by atomic mass is 10.1. The third-order valence-electron chi connectivity index (χ3n) is 5.69. The van der Waals surface area contributed by atoms with Crippen LogP contribution in [0.2, 0.25) is 0 Å². The summed E-state index contributed by atoms with van der Waals surface area (Å²) in [5.74, 6) is 1.61. The highest BCUT2D eigenvalue weighted by atomic mass is 16.2. The van der Waals surface area contributed by atoms with Gasteiger partial charge in [0.15, 0.2) is 5.65 Å². The summed E-state index contributed by atoms with van der Waals surface area (Å²) in [6, 6.07) is 8.19. The van der Waals surface area contributed by atoms with Gasteiger partial charge in [-0.3, -0.25) is 4.79 Å². The van der Waals surface area contributed by atoms with Crippen molar-refractivity contribution in [3.63, 3.8) is 0 Å². The zero-order valence-electron chi connectivity index (χ0n) is 16.5. The second-order valence-electron chi connectivity index (χ2n) is 8.05. The molecule has 0 atom stereocenters. The minimum atomic E-state index is 0.0514. The van der Waals surface area contributed by atoms with E-state index in [2.05, 4.69) is 32.5 Å². The summed E-state index contributed by atoms with van der Waals surface area (Å²) in [5.41, 5.74) is 2.58. The number of fused-ring (bicyclic) bond motifs is 1. The van der Waals surface area contributed by atoms with Gasteiger partial charge < -0.3 is 15.5 Å².